The number of benzene rings is 2. The molecule has 2 heteroatoms. The van der Waals surface area contributed by atoms with E-state index in [-0.39, 0.29) is 0 Å². The molecule has 2 aromatic carbocycles. The lowest BCUT2D eigenvalue weighted by atomic mass is 10.1. The number of nitrogens with zero attached hydrogens (tertiary/aromatic N) is 2. The molecule has 0 amide bonds. The van der Waals surface area contributed by atoms with Crippen LogP contribution in [0, 0.1) is 11.8 Å². The Hall–Kier alpha value is -2.40. The average molecular weight is 204 g/mol. The maximum atomic E-state index is 4.15. The highest BCUT2D eigenvalue weighted by molar-refractivity contribution is 5.50. The first-order valence-corrected chi connectivity index (χ1v) is 5.04. The van der Waals surface area contributed by atoms with Gasteiger partial charge in [0.1, 0.15) is 0 Å². The lowest BCUT2D eigenvalue weighted by Gasteiger charge is -1.97. The highest BCUT2D eigenvalue weighted by Gasteiger charge is 1.94. The summed E-state index contributed by atoms with van der Waals surface area (Å²) in [5.74, 6) is 6.22. The van der Waals surface area contributed by atoms with Crippen molar-refractivity contribution in [2.75, 3.05) is 0 Å². The van der Waals surface area contributed by atoms with Crippen LogP contribution in [-0.2, 0) is 0 Å². The number of hydrogen-bond acceptors (Lipinski definition) is 2. The van der Waals surface area contributed by atoms with Crippen LogP contribution in [0.5, 0.6) is 0 Å². The Bertz CT molecular complexity index is 542. The van der Waals surface area contributed by atoms with Crippen molar-refractivity contribution in [3.05, 3.63) is 59.7 Å². The summed E-state index contributed by atoms with van der Waals surface area (Å²) >= 11 is 0. The molecular weight excluding hydrogens is 196 g/mol. The first-order valence-electron chi connectivity index (χ1n) is 5.04. The second-order valence-electron chi connectivity index (χ2n) is 3.54. The summed E-state index contributed by atoms with van der Waals surface area (Å²) < 4.78 is 0. The van der Waals surface area contributed by atoms with Gasteiger partial charge in [-0.3, -0.25) is 0 Å². The van der Waals surface area contributed by atoms with Crippen molar-refractivity contribution in [1.29, 1.82) is 0 Å². The highest BCUT2D eigenvalue weighted by Crippen LogP contribution is 2.19. The Balaban J connectivity index is 2.23. The minimum Gasteiger partial charge on any atom is -0.151 e. The predicted molar refractivity (Wildman–Crippen MR) is 63.0 cm³/mol. The van der Waals surface area contributed by atoms with Crippen LogP contribution in [0.25, 0.3) is 0 Å². The van der Waals surface area contributed by atoms with Crippen molar-refractivity contribution in [3.63, 3.8) is 0 Å². The molecule has 0 fully saturated rings. The van der Waals surface area contributed by atoms with E-state index in [1.54, 1.807) is 0 Å². The monoisotopic (exact) mass is 204 g/mol. The van der Waals surface area contributed by atoms with Crippen molar-refractivity contribution in [2.45, 2.75) is 0 Å². The van der Waals surface area contributed by atoms with E-state index in [1.165, 1.54) is 0 Å². The lowest BCUT2D eigenvalue weighted by molar-refractivity contribution is 1.23. The second kappa shape index (κ2) is 3.63. The number of azo groups is 1. The Morgan fingerprint density at radius 1 is 0.562 bits per heavy atom. The van der Waals surface area contributed by atoms with Gasteiger partial charge in [-0.1, -0.05) is 11.8 Å². The quantitative estimate of drug-likeness (QED) is 0.497. The van der Waals surface area contributed by atoms with E-state index in [1.807, 2.05) is 48.5 Å². The van der Waals surface area contributed by atoms with Crippen molar-refractivity contribution < 1.29 is 0 Å². The largest absolute Gasteiger partial charge is 0.151 e. The molecule has 0 saturated carbocycles. The molecule has 6 rings (SSSR count). The SMILES string of the molecule is C1#Cc2ccc(cc2)N=Nc2ccc1cc2. The third-order valence-electron chi connectivity index (χ3n) is 2.37. The van der Waals surface area contributed by atoms with Crippen LogP contribution in [0.3, 0.4) is 0 Å². The number of rotatable bonds is 0. The van der Waals surface area contributed by atoms with Gasteiger partial charge in [-0.05, 0) is 48.5 Å². The van der Waals surface area contributed by atoms with Gasteiger partial charge >= 0.3 is 0 Å². The third-order valence-corrected chi connectivity index (χ3v) is 2.37. The van der Waals surface area contributed by atoms with Gasteiger partial charge in [-0.2, -0.15) is 10.2 Å². The molecule has 2 aromatic rings. The molecule has 2 nitrogen and oxygen atoms in total. The molecule has 0 aliphatic carbocycles. The van der Waals surface area contributed by atoms with Crippen LogP contribution in [-0.4, -0.2) is 0 Å². The summed E-state index contributed by atoms with van der Waals surface area (Å²) in [6, 6.07) is 15.5. The Morgan fingerprint density at radius 3 is 1.31 bits per heavy atom. The maximum absolute atomic E-state index is 4.15. The average Bonchev–Trinajstić information content (AvgIpc) is 2.33. The topological polar surface area (TPSA) is 24.7 Å². The van der Waals surface area contributed by atoms with Crippen molar-refractivity contribution in [3.8, 4) is 11.8 Å². The molecular formula is C14H8N2. The van der Waals surface area contributed by atoms with Gasteiger partial charge in [0.2, 0.25) is 0 Å². The first-order chi connectivity index (χ1) is 7.90. The zero-order valence-electron chi connectivity index (χ0n) is 8.51. The summed E-state index contributed by atoms with van der Waals surface area (Å²) in [5, 5.41) is 8.30. The molecule has 0 spiro atoms. The van der Waals surface area contributed by atoms with E-state index in [9.17, 15) is 0 Å². The summed E-state index contributed by atoms with van der Waals surface area (Å²) in [6.07, 6.45) is 0. The van der Waals surface area contributed by atoms with Gasteiger partial charge in [0.25, 0.3) is 0 Å². The molecule has 4 bridgehead atoms. The van der Waals surface area contributed by atoms with Crippen LogP contribution < -0.4 is 0 Å². The van der Waals surface area contributed by atoms with Crippen molar-refractivity contribution in [1.82, 2.24) is 0 Å². The minimum absolute atomic E-state index is 0.843. The van der Waals surface area contributed by atoms with Crippen LogP contribution in [0.15, 0.2) is 58.8 Å². The summed E-state index contributed by atoms with van der Waals surface area (Å²) in [6.45, 7) is 0. The molecule has 0 atom stereocenters. The van der Waals surface area contributed by atoms with E-state index in [0.717, 1.165) is 22.5 Å². The Morgan fingerprint density at radius 2 is 0.938 bits per heavy atom. The van der Waals surface area contributed by atoms with Gasteiger partial charge in [-0.15, -0.1) is 0 Å². The standard InChI is InChI=1S/C14H8N2/c1-2-12-5-9-14(10-6-12)16-15-13-7-3-11(1)4-8-13/h3-10H. The maximum Gasteiger partial charge on any atom is 0.0857 e. The molecule has 4 aliphatic heterocycles. The molecule has 74 valence electrons. The highest BCUT2D eigenvalue weighted by atomic mass is 15.1. The normalized spacial score (nSPS) is 11.5. The molecule has 4 aliphatic rings. The van der Waals surface area contributed by atoms with Gasteiger partial charge < -0.3 is 0 Å². The number of hydrogen-bond donors (Lipinski definition) is 0. The van der Waals surface area contributed by atoms with Crippen LogP contribution >= 0.6 is 0 Å². The molecule has 0 aromatic heterocycles. The van der Waals surface area contributed by atoms with Crippen molar-refractivity contribution in [2.24, 2.45) is 10.2 Å². The van der Waals surface area contributed by atoms with Gasteiger partial charge in [0, 0.05) is 11.1 Å². The predicted octanol–water partition coefficient (Wildman–Crippen LogP) is 3.82. The Labute approximate surface area is 93.7 Å². The molecule has 0 radical (unpaired) electrons. The van der Waals surface area contributed by atoms with Crippen LogP contribution in [0.1, 0.15) is 11.1 Å². The van der Waals surface area contributed by atoms with Gasteiger partial charge in [-0.25, -0.2) is 0 Å². The van der Waals surface area contributed by atoms with Crippen LogP contribution in [0.2, 0.25) is 0 Å². The third kappa shape index (κ3) is 1.71. The van der Waals surface area contributed by atoms with Crippen LogP contribution in [0.4, 0.5) is 11.4 Å². The van der Waals surface area contributed by atoms with E-state index < -0.39 is 0 Å². The molecule has 0 saturated heterocycles. The second-order valence-corrected chi connectivity index (χ2v) is 3.54. The van der Waals surface area contributed by atoms with Gasteiger partial charge in [0.15, 0.2) is 0 Å². The van der Waals surface area contributed by atoms with E-state index in [4.69, 9.17) is 0 Å². The summed E-state index contributed by atoms with van der Waals surface area (Å²) in [7, 11) is 0. The lowest BCUT2D eigenvalue weighted by Crippen LogP contribution is -1.77. The van der Waals surface area contributed by atoms with Gasteiger partial charge in [0.05, 0.1) is 11.4 Å². The zero-order valence-corrected chi connectivity index (χ0v) is 8.51. The minimum atomic E-state index is 0.843. The zero-order chi connectivity index (χ0) is 10.8. The van der Waals surface area contributed by atoms with E-state index in [0.29, 0.717) is 0 Å². The Kier molecular flexibility index (Phi) is 2.02. The fourth-order valence-electron chi connectivity index (χ4n) is 1.48. The molecule has 16 heavy (non-hydrogen) atoms. The van der Waals surface area contributed by atoms with E-state index >= 15 is 0 Å². The smallest absolute Gasteiger partial charge is 0.0857 e. The fourth-order valence-corrected chi connectivity index (χ4v) is 1.48. The first kappa shape index (κ1) is 8.87. The molecule has 0 N–H and O–H groups in total. The van der Waals surface area contributed by atoms with Crippen molar-refractivity contribution >= 4 is 11.4 Å². The molecule has 0 unspecified atom stereocenters. The fraction of sp³-hybridized carbons (Fsp3) is 0. The summed E-state index contributed by atoms with van der Waals surface area (Å²) in [5.41, 5.74) is 3.66. The molecule has 4 heterocycles. The summed E-state index contributed by atoms with van der Waals surface area (Å²) in [4.78, 5) is 0. The van der Waals surface area contributed by atoms with E-state index in [2.05, 4.69) is 22.1 Å².